The number of aryl methyl sites for hydroxylation is 2. The van der Waals surface area contributed by atoms with Gasteiger partial charge in [-0.25, -0.2) is 0 Å². The zero-order valence-corrected chi connectivity index (χ0v) is 16.8. The summed E-state index contributed by atoms with van der Waals surface area (Å²) in [6.45, 7) is 1.07. The molecule has 3 nitrogen and oxygen atoms in total. The van der Waals surface area contributed by atoms with Gasteiger partial charge in [0.05, 0.1) is 12.6 Å². The fourth-order valence-electron chi connectivity index (χ4n) is 5.10. The van der Waals surface area contributed by atoms with E-state index in [1.807, 2.05) is 0 Å². The van der Waals surface area contributed by atoms with Crippen molar-refractivity contribution in [1.29, 1.82) is 0 Å². The van der Waals surface area contributed by atoms with E-state index >= 15 is 0 Å². The van der Waals surface area contributed by atoms with Gasteiger partial charge in [-0.3, -0.25) is 0 Å². The monoisotopic (exact) mass is 392 g/mol. The first-order chi connectivity index (χ1) is 14.8. The van der Waals surface area contributed by atoms with Crippen molar-refractivity contribution in [3.63, 3.8) is 0 Å². The molecule has 0 saturated carbocycles. The maximum absolute atomic E-state index is 10.9. The summed E-state index contributed by atoms with van der Waals surface area (Å²) < 4.78 is 2.24. The van der Waals surface area contributed by atoms with Crippen molar-refractivity contribution >= 4 is 38.3 Å². The molecule has 0 aliphatic heterocycles. The standard InChI is InChI=1S/C27H24N2O/c30-20(16-28-24-15-14-19-13-12-18-6-5-9-23(24)27(18)19)17-29-25-10-3-1-7-21(25)22-8-2-4-11-26(22)29/h1-11,14-15,20,28,30H,12-13,16-17H2/t20-/m0/s1. The van der Waals surface area contributed by atoms with Crippen molar-refractivity contribution in [1.82, 2.24) is 4.57 Å². The summed E-state index contributed by atoms with van der Waals surface area (Å²) in [6.07, 6.45) is 1.77. The molecule has 1 aliphatic carbocycles. The molecule has 0 amide bonds. The van der Waals surface area contributed by atoms with Crippen LogP contribution in [0.1, 0.15) is 11.1 Å². The lowest BCUT2D eigenvalue weighted by molar-refractivity contribution is 0.169. The summed E-state index contributed by atoms with van der Waals surface area (Å²) in [5.41, 5.74) is 6.33. The van der Waals surface area contributed by atoms with Gasteiger partial charge in [0.25, 0.3) is 0 Å². The maximum Gasteiger partial charge on any atom is 0.0891 e. The number of hydrogen-bond donors (Lipinski definition) is 2. The Morgan fingerprint density at radius 1 is 0.733 bits per heavy atom. The van der Waals surface area contributed by atoms with Gasteiger partial charge >= 0.3 is 0 Å². The second-order valence-corrected chi connectivity index (χ2v) is 8.29. The molecule has 6 rings (SSSR count). The molecule has 0 saturated heterocycles. The molecule has 1 heterocycles. The summed E-state index contributed by atoms with van der Waals surface area (Å²) in [4.78, 5) is 0. The van der Waals surface area contributed by atoms with Crippen molar-refractivity contribution in [2.24, 2.45) is 0 Å². The summed E-state index contributed by atoms with van der Waals surface area (Å²) in [7, 11) is 0. The van der Waals surface area contributed by atoms with Gasteiger partial charge in [-0.2, -0.15) is 0 Å². The number of nitrogens with zero attached hydrogens (tertiary/aromatic N) is 1. The highest BCUT2D eigenvalue weighted by Gasteiger charge is 2.17. The van der Waals surface area contributed by atoms with Gasteiger partial charge in [0.2, 0.25) is 0 Å². The van der Waals surface area contributed by atoms with Gasteiger partial charge in [-0.15, -0.1) is 0 Å². The summed E-state index contributed by atoms with van der Waals surface area (Å²) >= 11 is 0. The zero-order chi connectivity index (χ0) is 20.1. The Morgan fingerprint density at radius 2 is 1.37 bits per heavy atom. The first-order valence-corrected chi connectivity index (χ1v) is 10.7. The number of rotatable bonds is 5. The minimum absolute atomic E-state index is 0.493. The molecule has 30 heavy (non-hydrogen) atoms. The third kappa shape index (κ3) is 2.70. The van der Waals surface area contributed by atoms with E-state index in [1.165, 1.54) is 43.7 Å². The number of benzene rings is 4. The van der Waals surface area contributed by atoms with Crippen LogP contribution in [0.25, 0.3) is 32.6 Å². The molecule has 2 N–H and O–H groups in total. The smallest absolute Gasteiger partial charge is 0.0891 e. The Balaban J connectivity index is 1.29. The molecule has 0 fully saturated rings. The topological polar surface area (TPSA) is 37.2 Å². The van der Waals surface area contributed by atoms with Gasteiger partial charge in [0.15, 0.2) is 0 Å². The molecule has 1 aliphatic rings. The van der Waals surface area contributed by atoms with Crippen molar-refractivity contribution in [3.8, 4) is 0 Å². The van der Waals surface area contributed by atoms with E-state index in [0.29, 0.717) is 13.1 Å². The number of para-hydroxylation sites is 2. The molecule has 1 aromatic heterocycles. The zero-order valence-electron chi connectivity index (χ0n) is 16.8. The average Bonchev–Trinajstić information content (AvgIpc) is 3.35. The maximum atomic E-state index is 10.9. The first-order valence-electron chi connectivity index (χ1n) is 10.7. The Bertz CT molecular complexity index is 1340. The predicted octanol–water partition coefficient (Wildman–Crippen LogP) is 5.52. The van der Waals surface area contributed by atoms with Crippen LogP contribution < -0.4 is 5.32 Å². The van der Waals surface area contributed by atoms with E-state index in [2.05, 4.69) is 88.7 Å². The SMILES string of the molecule is O[C@@H](CNc1ccc2c3c(cccc13)CC2)Cn1c2ccccc2c2ccccc21. The Morgan fingerprint density at radius 3 is 2.10 bits per heavy atom. The lowest BCUT2D eigenvalue weighted by Crippen LogP contribution is -2.25. The molecular formula is C27H24N2O. The van der Waals surface area contributed by atoms with E-state index in [0.717, 1.165) is 18.5 Å². The van der Waals surface area contributed by atoms with E-state index in [4.69, 9.17) is 0 Å². The van der Waals surface area contributed by atoms with Gasteiger partial charge in [-0.1, -0.05) is 60.7 Å². The van der Waals surface area contributed by atoms with Crippen molar-refractivity contribution in [3.05, 3.63) is 90.0 Å². The third-order valence-electron chi connectivity index (χ3n) is 6.48. The van der Waals surface area contributed by atoms with E-state index in [1.54, 1.807) is 0 Å². The molecule has 3 heteroatoms. The highest BCUT2D eigenvalue weighted by molar-refractivity contribution is 6.08. The Labute approximate surface area is 175 Å². The van der Waals surface area contributed by atoms with Gasteiger partial charge < -0.3 is 15.0 Å². The Kier molecular flexibility index (Phi) is 4.03. The third-order valence-corrected chi connectivity index (χ3v) is 6.48. The van der Waals surface area contributed by atoms with Crippen molar-refractivity contribution < 1.29 is 5.11 Å². The Hall–Kier alpha value is -3.30. The lowest BCUT2D eigenvalue weighted by atomic mass is 10.0. The molecular weight excluding hydrogens is 368 g/mol. The van der Waals surface area contributed by atoms with E-state index < -0.39 is 6.10 Å². The molecule has 1 atom stereocenters. The minimum Gasteiger partial charge on any atom is -0.389 e. The van der Waals surface area contributed by atoms with Crippen LogP contribution in [0, 0.1) is 0 Å². The molecule has 4 aromatic carbocycles. The van der Waals surface area contributed by atoms with Crippen LogP contribution in [-0.2, 0) is 19.4 Å². The van der Waals surface area contributed by atoms with Crippen LogP contribution in [0.4, 0.5) is 5.69 Å². The number of nitrogens with one attached hydrogen (secondary N) is 1. The van der Waals surface area contributed by atoms with Crippen LogP contribution >= 0.6 is 0 Å². The van der Waals surface area contributed by atoms with Crippen LogP contribution in [0.5, 0.6) is 0 Å². The highest BCUT2D eigenvalue weighted by atomic mass is 16.3. The number of aromatic nitrogens is 1. The van der Waals surface area contributed by atoms with Gasteiger partial charge in [0, 0.05) is 39.4 Å². The molecule has 148 valence electrons. The quantitative estimate of drug-likeness (QED) is 0.413. The largest absolute Gasteiger partial charge is 0.389 e. The number of fused-ring (bicyclic) bond motifs is 3. The summed E-state index contributed by atoms with van der Waals surface area (Å²) in [5.74, 6) is 0. The van der Waals surface area contributed by atoms with E-state index in [9.17, 15) is 5.11 Å². The van der Waals surface area contributed by atoms with Crippen LogP contribution in [0.3, 0.4) is 0 Å². The summed E-state index contributed by atoms with van der Waals surface area (Å²) in [5, 5.41) is 19.6. The molecule has 0 radical (unpaired) electrons. The fraction of sp³-hybridized carbons (Fsp3) is 0.185. The molecule has 0 unspecified atom stereocenters. The second-order valence-electron chi connectivity index (χ2n) is 8.29. The summed E-state index contributed by atoms with van der Waals surface area (Å²) in [6, 6.07) is 27.8. The number of aliphatic hydroxyl groups excluding tert-OH is 1. The molecule has 0 spiro atoms. The lowest BCUT2D eigenvalue weighted by Gasteiger charge is -2.17. The van der Waals surface area contributed by atoms with Crippen LogP contribution in [0.2, 0.25) is 0 Å². The predicted molar refractivity (Wildman–Crippen MR) is 125 cm³/mol. The second kappa shape index (κ2) is 6.89. The highest BCUT2D eigenvalue weighted by Crippen LogP contribution is 2.35. The average molecular weight is 393 g/mol. The fourth-order valence-corrected chi connectivity index (χ4v) is 5.10. The number of hydrogen-bond acceptors (Lipinski definition) is 2. The van der Waals surface area contributed by atoms with Crippen molar-refractivity contribution in [2.75, 3.05) is 11.9 Å². The van der Waals surface area contributed by atoms with Crippen LogP contribution in [0.15, 0.2) is 78.9 Å². The number of aliphatic hydroxyl groups is 1. The molecule has 0 bridgehead atoms. The number of anilines is 1. The van der Waals surface area contributed by atoms with Gasteiger partial charge in [-0.05, 0) is 47.6 Å². The van der Waals surface area contributed by atoms with Gasteiger partial charge in [0.1, 0.15) is 0 Å². The normalized spacial score (nSPS) is 14.0. The minimum atomic E-state index is -0.493. The first kappa shape index (κ1) is 17.5. The van der Waals surface area contributed by atoms with E-state index in [-0.39, 0.29) is 0 Å². The molecule has 5 aromatic rings. The van der Waals surface area contributed by atoms with Crippen LogP contribution in [-0.4, -0.2) is 22.3 Å². The van der Waals surface area contributed by atoms with Crippen molar-refractivity contribution in [2.45, 2.75) is 25.5 Å².